The molecule has 6 heteroatoms. The number of ether oxygens (including phenoxy) is 2. The Bertz CT molecular complexity index is 790. The summed E-state index contributed by atoms with van der Waals surface area (Å²) in [5, 5.41) is 15.4. The molecule has 2 aliphatic rings. The van der Waals surface area contributed by atoms with Crippen LogP contribution >= 0.6 is 0 Å². The molecule has 3 heterocycles. The van der Waals surface area contributed by atoms with E-state index in [0.29, 0.717) is 39.0 Å². The molecule has 0 spiro atoms. The fraction of sp³-hybridized carbons (Fsp3) is 0.500. The lowest BCUT2D eigenvalue weighted by molar-refractivity contribution is -0.0238. The number of benzene rings is 1. The minimum Gasteiger partial charge on any atom is -0.494 e. The van der Waals surface area contributed by atoms with E-state index in [1.807, 2.05) is 4.57 Å². The number of hydrogen-bond donors (Lipinski definition) is 2. The van der Waals surface area contributed by atoms with Crippen LogP contribution in [0.3, 0.4) is 0 Å². The van der Waals surface area contributed by atoms with E-state index in [9.17, 15) is 5.11 Å². The maximum atomic E-state index is 10.9. The third-order valence-corrected chi connectivity index (χ3v) is 4.48. The van der Waals surface area contributed by atoms with Crippen LogP contribution in [0.4, 0.5) is 5.69 Å². The van der Waals surface area contributed by atoms with E-state index < -0.39 is 0 Å². The van der Waals surface area contributed by atoms with Crippen molar-refractivity contribution in [3.8, 4) is 5.88 Å². The molecule has 0 saturated carbocycles. The van der Waals surface area contributed by atoms with Gasteiger partial charge in [0, 0.05) is 17.1 Å². The Labute approximate surface area is 141 Å². The molecule has 4 rings (SSSR count). The van der Waals surface area contributed by atoms with Crippen LogP contribution in [-0.2, 0) is 9.47 Å². The molecule has 0 amide bonds. The third-order valence-electron chi connectivity index (χ3n) is 4.48. The Morgan fingerprint density at radius 2 is 2.12 bits per heavy atom. The molecule has 2 aromatic rings. The van der Waals surface area contributed by atoms with Crippen LogP contribution in [0, 0.1) is 0 Å². The van der Waals surface area contributed by atoms with Crippen LogP contribution in [0.1, 0.15) is 25.5 Å². The second-order valence-corrected chi connectivity index (χ2v) is 6.67. The van der Waals surface area contributed by atoms with Crippen molar-refractivity contribution in [2.75, 3.05) is 38.3 Å². The van der Waals surface area contributed by atoms with Gasteiger partial charge in [0.05, 0.1) is 55.8 Å². The molecule has 128 valence electrons. The van der Waals surface area contributed by atoms with Crippen LogP contribution in [-0.4, -0.2) is 54.4 Å². The number of hydrogen-bond acceptors (Lipinski definition) is 5. The van der Waals surface area contributed by atoms with Crippen LogP contribution < -0.4 is 5.32 Å². The fourth-order valence-electron chi connectivity index (χ4n) is 3.36. The SMILES string of the molecule is CC(C)Nc1ccc2c(c1)c(C1=NCCOC1)c(O)n2C1COC1. The van der Waals surface area contributed by atoms with Crippen LogP contribution in [0.15, 0.2) is 23.2 Å². The van der Waals surface area contributed by atoms with Gasteiger partial charge >= 0.3 is 0 Å². The molecule has 1 saturated heterocycles. The van der Waals surface area contributed by atoms with E-state index in [0.717, 1.165) is 27.9 Å². The summed E-state index contributed by atoms with van der Waals surface area (Å²) in [6.07, 6.45) is 0. The van der Waals surface area contributed by atoms with E-state index >= 15 is 0 Å². The summed E-state index contributed by atoms with van der Waals surface area (Å²) in [4.78, 5) is 4.58. The van der Waals surface area contributed by atoms with Crippen molar-refractivity contribution in [1.82, 2.24) is 4.57 Å². The summed E-state index contributed by atoms with van der Waals surface area (Å²) >= 11 is 0. The Hall–Kier alpha value is -2.05. The summed E-state index contributed by atoms with van der Waals surface area (Å²) < 4.78 is 12.9. The van der Waals surface area contributed by atoms with E-state index in [1.54, 1.807) is 0 Å². The summed E-state index contributed by atoms with van der Waals surface area (Å²) in [7, 11) is 0. The molecule has 0 radical (unpaired) electrons. The Morgan fingerprint density at radius 3 is 2.75 bits per heavy atom. The summed E-state index contributed by atoms with van der Waals surface area (Å²) in [6.45, 7) is 7.20. The van der Waals surface area contributed by atoms with Crippen LogP contribution in [0.2, 0.25) is 0 Å². The highest BCUT2D eigenvalue weighted by Gasteiger charge is 2.29. The van der Waals surface area contributed by atoms with Crippen molar-refractivity contribution in [3.05, 3.63) is 23.8 Å². The Morgan fingerprint density at radius 1 is 1.29 bits per heavy atom. The molecule has 1 aromatic heterocycles. The number of nitrogens with one attached hydrogen (secondary N) is 1. The molecular formula is C18H23N3O3. The second-order valence-electron chi connectivity index (χ2n) is 6.67. The van der Waals surface area contributed by atoms with Gasteiger partial charge in [0.15, 0.2) is 0 Å². The minimum atomic E-state index is 0.176. The van der Waals surface area contributed by atoms with E-state index in [4.69, 9.17) is 9.47 Å². The van der Waals surface area contributed by atoms with Gasteiger partial charge in [0.1, 0.15) is 0 Å². The Balaban J connectivity index is 1.90. The van der Waals surface area contributed by atoms with Gasteiger partial charge in [-0.25, -0.2) is 0 Å². The van der Waals surface area contributed by atoms with Crippen molar-refractivity contribution in [3.63, 3.8) is 0 Å². The molecular weight excluding hydrogens is 306 g/mol. The molecule has 1 fully saturated rings. The number of aliphatic imine (C=N–C) groups is 1. The molecule has 2 N–H and O–H groups in total. The van der Waals surface area contributed by atoms with E-state index in [-0.39, 0.29) is 11.9 Å². The van der Waals surface area contributed by atoms with Crippen molar-refractivity contribution in [2.45, 2.75) is 25.9 Å². The highest BCUT2D eigenvalue weighted by molar-refractivity contribution is 6.14. The zero-order chi connectivity index (χ0) is 16.7. The maximum absolute atomic E-state index is 10.9. The van der Waals surface area contributed by atoms with Crippen LogP contribution in [0.25, 0.3) is 10.9 Å². The van der Waals surface area contributed by atoms with Crippen molar-refractivity contribution in [2.24, 2.45) is 4.99 Å². The largest absolute Gasteiger partial charge is 0.494 e. The molecule has 0 atom stereocenters. The van der Waals surface area contributed by atoms with Gasteiger partial charge in [0.25, 0.3) is 0 Å². The summed E-state index contributed by atoms with van der Waals surface area (Å²) in [5.41, 5.74) is 3.67. The first-order valence-corrected chi connectivity index (χ1v) is 8.48. The smallest absolute Gasteiger partial charge is 0.201 e. The van der Waals surface area contributed by atoms with Gasteiger partial charge in [-0.1, -0.05) is 0 Å². The lowest BCUT2D eigenvalue weighted by atomic mass is 10.1. The molecule has 6 nitrogen and oxygen atoms in total. The average Bonchev–Trinajstić information content (AvgIpc) is 2.78. The quantitative estimate of drug-likeness (QED) is 0.904. The first kappa shape index (κ1) is 15.5. The third kappa shape index (κ3) is 2.56. The standard InChI is InChI=1S/C18H23N3O3/c1-11(2)20-12-3-4-16-14(7-12)17(15-10-23-6-5-19-15)18(22)21(16)13-8-24-9-13/h3-4,7,11,13,20,22H,5-6,8-10H2,1-2H3. The number of aromatic hydroxyl groups is 1. The van der Waals surface area contributed by atoms with Gasteiger partial charge in [-0.2, -0.15) is 0 Å². The number of fused-ring (bicyclic) bond motifs is 1. The van der Waals surface area contributed by atoms with Gasteiger partial charge in [-0.05, 0) is 32.0 Å². The van der Waals surface area contributed by atoms with Crippen molar-refractivity contribution in [1.29, 1.82) is 0 Å². The topological polar surface area (TPSA) is 68.0 Å². The molecule has 0 bridgehead atoms. The van der Waals surface area contributed by atoms with Gasteiger partial charge < -0.3 is 24.5 Å². The lowest BCUT2D eigenvalue weighted by Crippen LogP contribution is -2.30. The number of nitrogens with zero attached hydrogens (tertiary/aromatic N) is 2. The highest BCUT2D eigenvalue weighted by Crippen LogP contribution is 2.38. The number of anilines is 1. The monoisotopic (exact) mass is 329 g/mol. The highest BCUT2D eigenvalue weighted by atomic mass is 16.5. The van der Waals surface area contributed by atoms with Crippen LogP contribution in [0.5, 0.6) is 5.88 Å². The average molecular weight is 329 g/mol. The zero-order valence-electron chi connectivity index (χ0n) is 14.1. The first-order valence-electron chi connectivity index (χ1n) is 8.48. The zero-order valence-corrected chi connectivity index (χ0v) is 14.1. The molecule has 2 aliphatic heterocycles. The number of rotatable bonds is 4. The summed E-state index contributed by atoms with van der Waals surface area (Å²) in [5.74, 6) is 0.268. The normalized spacial score (nSPS) is 18.7. The predicted octanol–water partition coefficient (Wildman–Crippen LogP) is 2.56. The maximum Gasteiger partial charge on any atom is 0.201 e. The summed E-state index contributed by atoms with van der Waals surface area (Å²) in [6, 6.07) is 6.73. The minimum absolute atomic E-state index is 0.176. The first-order chi connectivity index (χ1) is 11.6. The lowest BCUT2D eigenvalue weighted by Gasteiger charge is -2.29. The van der Waals surface area contributed by atoms with E-state index in [2.05, 4.69) is 42.4 Å². The molecule has 24 heavy (non-hydrogen) atoms. The second kappa shape index (κ2) is 6.11. The van der Waals surface area contributed by atoms with Crippen molar-refractivity contribution >= 4 is 22.3 Å². The number of aromatic nitrogens is 1. The fourth-order valence-corrected chi connectivity index (χ4v) is 3.36. The van der Waals surface area contributed by atoms with Gasteiger partial charge in [-0.3, -0.25) is 4.99 Å². The molecule has 1 aromatic carbocycles. The molecule has 0 aliphatic carbocycles. The predicted molar refractivity (Wildman–Crippen MR) is 94.4 cm³/mol. The Kier molecular flexibility index (Phi) is 3.94. The van der Waals surface area contributed by atoms with E-state index in [1.165, 1.54) is 0 Å². The van der Waals surface area contributed by atoms with Gasteiger partial charge in [0.2, 0.25) is 5.88 Å². The van der Waals surface area contributed by atoms with Crippen molar-refractivity contribution < 1.29 is 14.6 Å². The van der Waals surface area contributed by atoms with Gasteiger partial charge in [-0.15, -0.1) is 0 Å². The molecule has 0 unspecified atom stereocenters.